The number of nitrogens with one attached hydrogen (secondary N) is 2. The molecule has 0 spiro atoms. The predicted molar refractivity (Wildman–Crippen MR) is 75.9 cm³/mol. The van der Waals surface area contributed by atoms with E-state index in [1.165, 1.54) is 0 Å². The highest BCUT2D eigenvalue weighted by atomic mass is 16.3. The largest absolute Gasteiger partial charge is 0.391 e. The Labute approximate surface area is 119 Å². The summed E-state index contributed by atoms with van der Waals surface area (Å²) in [6, 6.07) is 1.82. The van der Waals surface area contributed by atoms with E-state index in [1.54, 1.807) is 6.20 Å². The molecule has 1 aliphatic rings. The number of amides is 1. The van der Waals surface area contributed by atoms with Crippen LogP contribution in [0.1, 0.15) is 32.4 Å². The van der Waals surface area contributed by atoms with E-state index in [1.807, 2.05) is 19.9 Å². The van der Waals surface area contributed by atoms with Gasteiger partial charge in [0.15, 0.2) is 0 Å². The van der Waals surface area contributed by atoms with E-state index in [9.17, 15) is 9.90 Å². The number of aromatic nitrogens is 2. The molecule has 6 heteroatoms. The molecule has 2 heterocycles. The molecule has 0 unspecified atom stereocenters. The van der Waals surface area contributed by atoms with Crippen LogP contribution in [0.4, 0.5) is 0 Å². The standard InChI is InChI=1S/C14H24N4O2/c1-10(2)14(20)16-12-4-7-18(8-5-13(12)19)9-11-3-6-15-17-11/h3,6,10,12-13,19H,4-5,7-9H2,1-2H3,(H,15,17)(H,16,20)/t12-,13-/m0/s1. The minimum Gasteiger partial charge on any atom is -0.391 e. The molecule has 0 bridgehead atoms. The Kier molecular flexibility index (Phi) is 5.14. The van der Waals surface area contributed by atoms with Gasteiger partial charge in [-0.2, -0.15) is 5.10 Å². The summed E-state index contributed by atoms with van der Waals surface area (Å²) in [6.07, 6.45) is 2.72. The molecule has 3 N–H and O–H groups in total. The van der Waals surface area contributed by atoms with Crippen molar-refractivity contribution in [2.24, 2.45) is 5.92 Å². The number of carbonyl (C=O) groups is 1. The van der Waals surface area contributed by atoms with Gasteiger partial charge in [-0.3, -0.25) is 14.8 Å². The summed E-state index contributed by atoms with van der Waals surface area (Å²) < 4.78 is 0. The Morgan fingerprint density at radius 2 is 2.30 bits per heavy atom. The first-order valence-corrected chi connectivity index (χ1v) is 7.25. The van der Waals surface area contributed by atoms with Crippen LogP contribution in [0.15, 0.2) is 12.3 Å². The third kappa shape index (κ3) is 4.05. The fourth-order valence-corrected chi connectivity index (χ4v) is 2.43. The lowest BCUT2D eigenvalue weighted by molar-refractivity contribution is -0.125. The highest BCUT2D eigenvalue weighted by molar-refractivity contribution is 5.78. The molecule has 20 heavy (non-hydrogen) atoms. The topological polar surface area (TPSA) is 81.2 Å². The number of carbonyl (C=O) groups excluding carboxylic acids is 1. The Morgan fingerprint density at radius 1 is 1.55 bits per heavy atom. The number of aliphatic hydroxyl groups excluding tert-OH is 1. The lowest BCUT2D eigenvalue weighted by atomic mass is 10.1. The molecule has 1 aromatic heterocycles. The Morgan fingerprint density at radius 3 is 2.95 bits per heavy atom. The highest BCUT2D eigenvalue weighted by Gasteiger charge is 2.26. The van der Waals surface area contributed by atoms with Crippen LogP contribution in [-0.2, 0) is 11.3 Å². The van der Waals surface area contributed by atoms with Crippen molar-refractivity contribution < 1.29 is 9.90 Å². The molecule has 1 aliphatic heterocycles. The molecule has 2 atom stereocenters. The van der Waals surface area contributed by atoms with E-state index in [4.69, 9.17) is 0 Å². The van der Waals surface area contributed by atoms with Crippen LogP contribution in [-0.4, -0.2) is 51.3 Å². The van der Waals surface area contributed by atoms with Crippen LogP contribution in [0.2, 0.25) is 0 Å². The van der Waals surface area contributed by atoms with Gasteiger partial charge < -0.3 is 10.4 Å². The molecule has 2 rings (SSSR count). The van der Waals surface area contributed by atoms with Gasteiger partial charge in [0.2, 0.25) is 5.91 Å². The SMILES string of the molecule is CC(C)C(=O)N[C@H]1CCN(Cc2ccn[nH]2)CC[C@@H]1O. The third-order valence-corrected chi connectivity index (χ3v) is 3.77. The van der Waals surface area contributed by atoms with Crippen LogP contribution in [0.25, 0.3) is 0 Å². The molecule has 1 aromatic rings. The number of rotatable bonds is 4. The summed E-state index contributed by atoms with van der Waals surface area (Å²) >= 11 is 0. The van der Waals surface area contributed by atoms with Crippen molar-refractivity contribution in [3.05, 3.63) is 18.0 Å². The van der Waals surface area contributed by atoms with E-state index in [2.05, 4.69) is 20.4 Å². The molecular weight excluding hydrogens is 256 g/mol. The van der Waals surface area contributed by atoms with Gasteiger partial charge in [-0.05, 0) is 18.9 Å². The Bertz CT molecular complexity index is 419. The summed E-state index contributed by atoms with van der Waals surface area (Å²) in [5, 5.41) is 20.0. The van der Waals surface area contributed by atoms with Crippen molar-refractivity contribution in [3.63, 3.8) is 0 Å². The Balaban J connectivity index is 1.88. The highest BCUT2D eigenvalue weighted by Crippen LogP contribution is 2.14. The van der Waals surface area contributed by atoms with Crippen molar-refractivity contribution in [1.82, 2.24) is 20.4 Å². The van der Waals surface area contributed by atoms with Crippen LogP contribution in [0.3, 0.4) is 0 Å². The molecule has 1 amide bonds. The van der Waals surface area contributed by atoms with Crippen molar-refractivity contribution in [1.29, 1.82) is 0 Å². The van der Waals surface area contributed by atoms with Gasteiger partial charge in [-0.1, -0.05) is 13.8 Å². The summed E-state index contributed by atoms with van der Waals surface area (Å²) in [5.41, 5.74) is 1.07. The predicted octanol–water partition coefficient (Wildman–Crippen LogP) is 0.507. The number of hydrogen-bond donors (Lipinski definition) is 3. The fourth-order valence-electron chi connectivity index (χ4n) is 2.43. The van der Waals surface area contributed by atoms with E-state index < -0.39 is 6.10 Å². The van der Waals surface area contributed by atoms with Crippen LogP contribution < -0.4 is 5.32 Å². The van der Waals surface area contributed by atoms with Gasteiger partial charge in [0, 0.05) is 37.4 Å². The minimum absolute atomic E-state index is 0.0102. The number of nitrogens with zero attached hydrogens (tertiary/aromatic N) is 2. The van der Waals surface area contributed by atoms with Crippen LogP contribution in [0, 0.1) is 5.92 Å². The van der Waals surface area contributed by atoms with Gasteiger partial charge >= 0.3 is 0 Å². The third-order valence-electron chi connectivity index (χ3n) is 3.77. The van der Waals surface area contributed by atoms with Gasteiger partial charge in [-0.25, -0.2) is 0 Å². The quantitative estimate of drug-likeness (QED) is 0.750. The van der Waals surface area contributed by atoms with Gasteiger partial charge in [-0.15, -0.1) is 0 Å². The molecule has 0 aromatic carbocycles. The zero-order valence-corrected chi connectivity index (χ0v) is 12.2. The average molecular weight is 280 g/mol. The maximum atomic E-state index is 11.8. The summed E-state index contributed by atoms with van der Waals surface area (Å²) in [6.45, 7) is 6.22. The second-order valence-corrected chi connectivity index (χ2v) is 5.77. The lowest BCUT2D eigenvalue weighted by Gasteiger charge is -2.22. The van der Waals surface area contributed by atoms with Crippen molar-refractivity contribution in [3.8, 4) is 0 Å². The van der Waals surface area contributed by atoms with Crippen LogP contribution in [0.5, 0.6) is 0 Å². The number of H-pyrrole nitrogens is 1. The van der Waals surface area contributed by atoms with Gasteiger partial charge in [0.1, 0.15) is 0 Å². The summed E-state index contributed by atoms with van der Waals surface area (Å²) in [7, 11) is 0. The summed E-state index contributed by atoms with van der Waals surface area (Å²) in [4.78, 5) is 14.0. The number of likely N-dealkylation sites (tertiary alicyclic amines) is 1. The van der Waals surface area contributed by atoms with Crippen molar-refractivity contribution in [2.75, 3.05) is 13.1 Å². The molecule has 0 saturated carbocycles. The van der Waals surface area contributed by atoms with Crippen LogP contribution >= 0.6 is 0 Å². The average Bonchev–Trinajstić information content (AvgIpc) is 2.86. The first-order chi connectivity index (χ1) is 9.56. The number of aromatic amines is 1. The molecule has 0 radical (unpaired) electrons. The van der Waals surface area contributed by atoms with E-state index in [0.29, 0.717) is 6.42 Å². The van der Waals surface area contributed by atoms with E-state index in [0.717, 1.165) is 31.7 Å². The summed E-state index contributed by atoms with van der Waals surface area (Å²) in [5.74, 6) is -0.0392. The first kappa shape index (κ1) is 15.0. The monoisotopic (exact) mass is 280 g/mol. The van der Waals surface area contributed by atoms with Crippen molar-refractivity contribution in [2.45, 2.75) is 45.4 Å². The molecule has 1 fully saturated rings. The number of aliphatic hydroxyl groups is 1. The zero-order valence-electron chi connectivity index (χ0n) is 12.2. The number of hydrogen-bond acceptors (Lipinski definition) is 4. The fraction of sp³-hybridized carbons (Fsp3) is 0.714. The second kappa shape index (κ2) is 6.85. The normalized spacial score (nSPS) is 24.6. The maximum Gasteiger partial charge on any atom is 0.222 e. The molecule has 1 saturated heterocycles. The molecular formula is C14H24N4O2. The molecule has 0 aliphatic carbocycles. The van der Waals surface area contributed by atoms with Crippen molar-refractivity contribution >= 4 is 5.91 Å². The maximum absolute atomic E-state index is 11.8. The molecule has 112 valence electrons. The minimum atomic E-state index is -0.468. The van der Waals surface area contributed by atoms with E-state index >= 15 is 0 Å². The zero-order chi connectivity index (χ0) is 14.5. The smallest absolute Gasteiger partial charge is 0.222 e. The van der Waals surface area contributed by atoms with Gasteiger partial charge in [0.05, 0.1) is 12.1 Å². The van der Waals surface area contributed by atoms with E-state index in [-0.39, 0.29) is 17.9 Å². The molecule has 6 nitrogen and oxygen atoms in total. The Hall–Kier alpha value is -1.40. The second-order valence-electron chi connectivity index (χ2n) is 5.77. The van der Waals surface area contributed by atoms with Gasteiger partial charge in [0.25, 0.3) is 0 Å². The lowest BCUT2D eigenvalue weighted by Crippen LogP contribution is -2.44. The first-order valence-electron chi connectivity index (χ1n) is 7.25.